The summed E-state index contributed by atoms with van der Waals surface area (Å²) in [7, 11) is 0. The van der Waals surface area contributed by atoms with Crippen molar-refractivity contribution in [2.24, 2.45) is 17.8 Å². The van der Waals surface area contributed by atoms with E-state index in [0.717, 1.165) is 18.3 Å². The molecule has 0 aromatic rings. The van der Waals surface area contributed by atoms with Gasteiger partial charge in [0.15, 0.2) is 0 Å². The Bertz CT molecular complexity index is 250. The van der Waals surface area contributed by atoms with Gasteiger partial charge in [-0.15, -0.1) is 0 Å². The van der Waals surface area contributed by atoms with Crippen LogP contribution in [-0.2, 0) is 4.79 Å². The van der Waals surface area contributed by atoms with Gasteiger partial charge in [-0.3, -0.25) is 4.79 Å². The van der Waals surface area contributed by atoms with Crippen LogP contribution < -0.4 is 5.32 Å². The lowest BCUT2D eigenvalue weighted by Gasteiger charge is -2.22. The van der Waals surface area contributed by atoms with E-state index in [1.165, 1.54) is 25.7 Å². The fraction of sp³-hybridized carbons (Fsp3) is 0.923. The van der Waals surface area contributed by atoms with Crippen LogP contribution in [0.2, 0.25) is 0 Å². The maximum absolute atomic E-state index is 11.8. The molecule has 2 aliphatic rings. The highest BCUT2D eigenvalue weighted by Crippen LogP contribution is 2.49. The summed E-state index contributed by atoms with van der Waals surface area (Å²) in [6, 6.07) is -0.0499. The molecule has 2 saturated carbocycles. The van der Waals surface area contributed by atoms with E-state index >= 15 is 0 Å². The number of carbonyl (C=O) groups is 1. The van der Waals surface area contributed by atoms with Gasteiger partial charge in [-0.1, -0.05) is 13.3 Å². The van der Waals surface area contributed by atoms with Gasteiger partial charge in [-0.25, -0.2) is 0 Å². The highest BCUT2D eigenvalue weighted by Gasteiger charge is 2.40. The van der Waals surface area contributed by atoms with Crippen molar-refractivity contribution < 1.29 is 9.90 Å². The van der Waals surface area contributed by atoms with Crippen molar-refractivity contribution in [1.82, 2.24) is 5.32 Å². The van der Waals surface area contributed by atoms with E-state index in [1.54, 1.807) is 0 Å². The topological polar surface area (TPSA) is 49.3 Å². The van der Waals surface area contributed by atoms with E-state index in [1.807, 2.05) is 6.92 Å². The molecule has 2 fully saturated rings. The van der Waals surface area contributed by atoms with Crippen molar-refractivity contribution in [1.29, 1.82) is 0 Å². The zero-order valence-electron chi connectivity index (χ0n) is 10.1. The van der Waals surface area contributed by atoms with E-state index in [4.69, 9.17) is 5.11 Å². The van der Waals surface area contributed by atoms with Gasteiger partial charge < -0.3 is 10.4 Å². The third-order valence-electron chi connectivity index (χ3n) is 4.41. The van der Waals surface area contributed by atoms with Crippen LogP contribution in [0.4, 0.5) is 0 Å². The third kappa shape index (κ3) is 2.57. The van der Waals surface area contributed by atoms with Gasteiger partial charge in [0, 0.05) is 6.42 Å². The van der Waals surface area contributed by atoms with E-state index < -0.39 is 0 Å². The summed E-state index contributed by atoms with van der Waals surface area (Å²) in [6.07, 6.45) is 6.82. The largest absolute Gasteiger partial charge is 0.394 e. The monoisotopic (exact) mass is 225 g/mol. The molecule has 0 aromatic carbocycles. The molecule has 2 aliphatic carbocycles. The van der Waals surface area contributed by atoms with Gasteiger partial charge >= 0.3 is 0 Å². The Balaban J connectivity index is 1.75. The molecule has 92 valence electrons. The van der Waals surface area contributed by atoms with Crippen LogP contribution >= 0.6 is 0 Å². The number of carbonyl (C=O) groups excluding carboxylic acids is 1. The summed E-state index contributed by atoms with van der Waals surface area (Å²) in [4.78, 5) is 11.8. The van der Waals surface area contributed by atoms with E-state index in [9.17, 15) is 4.79 Å². The summed E-state index contributed by atoms with van der Waals surface area (Å²) < 4.78 is 0. The van der Waals surface area contributed by atoms with Crippen LogP contribution in [-0.4, -0.2) is 23.7 Å². The number of aliphatic hydroxyl groups is 1. The van der Waals surface area contributed by atoms with Crippen LogP contribution in [0, 0.1) is 17.8 Å². The second-order valence-corrected chi connectivity index (χ2v) is 5.49. The molecule has 16 heavy (non-hydrogen) atoms. The number of rotatable bonds is 5. The molecule has 0 aromatic heterocycles. The van der Waals surface area contributed by atoms with Gasteiger partial charge in [0.2, 0.25) is 5.91 Å². The Morgan fingerprint density at radius 2 is 2.25 bits per heavy atom. The number of fused-ring (bicyclic) bond motifs is 2. The lowest BCUT2D eigenvalue weighted by Crippen LogP contribution is -2.38. The molecular formula is C13H23NO2. The Morgan fingerprint density at radius 1 is 1.44 bits per heavy atom. The van der Waals surface area contributed by atoms with Gasteiger partial charge in [-0.2, -0.15) is 0 Å². The molecule has 1 amide bonds. The minimum Gasteiger partial charge on any atom is -0.394 e. The first-order valence-corrected chi connectivity index (χ1v) is 6.63. The molecule has 4 atom stereocenters. The van der Waals surface area contributed by atoms with Gasteiger partial charge in [0.25, 0.3) is 0 Å². The molecule has 0 saturated heterocycles. The third-order valence-corrected chi connectivity index (χ3v) is 4.41. The molecule has 2 N–H and O–H groups in total. The first-order valence-electron chi connectivity index (χ1n) is 6.63. The zero-order valence-corrected chi connectivity index (χ0v) is 10.1. The molecule has 0 radical (unpaired) electrons. The normalized spacial score (nSPS) is 34.0. The van der Waals surface area contributed by atoms with Crippen LogP contribution in [0.3, 0.4) is 0 Å². The standard InChI is InChI=1S/C13H23NO2/c1-2-12(8-15)14-13(16)7-11-6-9-3-4-10(11)5-9/h9-12,15H,2-8H2,1H3,(H,14,16)/t9?,10?,11?,12-/m0/s1. The maximum atomic E-state index is 11.8. The van der Waals surface area contributed by atoms with Crippen molar-refractivity contribution in [3.05, 3.63) is 0 Å². The van der Waals surface area contributed by atoms with Gasteiger partial charge in [-0.05, 0) is 43.4 Å². The van der Waals surface area contributed by atoms with E-state index in [-0.39, 0.29) is 18.6 Å². The molecular weight excluding hydrogens is 202 g/mol. The van der Waals surface area contributed by atoms with Crippen molar-refractivity contribution in [3.8, 4) is 0 Å². The molecule has 2 bridgehead atoms. The van der Waals surface area contributed by atoms with Gasteiger partial charge in [0.05, 0.1) is 12.6 Å². The highest BCUT2D eigenvalue weighted by molar-refractivity contribution is 5.76. The van der Waals surface area contributed by atoms with Crippen molar-refractivity contribution >= 4 is 5.91 Å². The second kappa shape index (κ2) is 5.17. The fourth-order valence-corrected chi connectivity index (χ4v) is 3.43. The maximum Gasteiger partial charge on any atom is 0.220 e. The smallest absolute Gasteiger partial charge is 0.220 e. The van der Waals surface area contributed by atoms with Crippen molar-refractivity contribution in [2.75, 3.05) is 6.61 Å². The van der Waals surface area contributed by atoms with Crippen molar-refractivity contribution in [3.63, 3.8) is 0 Å². The molecule has 3 heteroatoms. The predicted molar refractivity (Wildman–Crippen MR) is 62.9 cm³/mol. The summed E-state index contributed by atoms with van der Waals surface area (Å²) in [6.45, 7) is 2.04. The molecule has 2 rings (SSSR count). The fourth-order valence-electron chi connectivity index (χ4n) is 3.43. The Morgan fingerprint density at radius 3 is 2.75 bits per heavy atom. The highest BCUT2D eigenvalue weighted by atomic mass is 16.3. The Kier molecular flexibility index (Phi) is 3.85. The number of hydrogen-bond donors (Lipinski definition) is 2. The first kappa shape index (κ1) is 11.9. The summed E-state index contributed by atoms with van der Waals surface area (Å²) in [5.74, 6) is 2.47. The summed E-state index contributed by atoms with van der Waals surface area (Å²) in [5.41, 5.74) is 0. The van der Waals surface area contributed by atoms with E-state index in [2.05, 4.69) is 5.32 Å². The van der Waals surface area contributed by atoms with Gasteiger partial charge in [0.1, 0.15) is 0 Å². The lowest BCUT2D eigenvalue weighted by molar-refractivity contribution is -0.123. The summed E-state index contributed by atoms with van der Waals surface area (Å²) in [5, 5.41) is 11.9. The number of aliphatic hydroxyl groups excluding tert-OH is 1. The van der Waals surface area contributed by atoms with Crippen LogP contribution in [0.1, 0.15) is 45.4 Å². The Labute approximate surface area is 97.6 Å². The number of amides is 1. The lowest BCUT2D eigenvalue weighted by atomic mass is 9.86. The average Bonchev–Trinajstić information content (AvgIpc) is 2.87. The molecule has 3 unspecified atom stereocenters. The predicted octanol–water partition coefficient (Wildman–Crippen LogP) is 1.70. The quantitative estimate of drug-likeness (QED) is 0.748. The molecule has 3 nitrogen and oxygen atoms in total. The van der Waals surface area contributed by atoms with Crippen LogP contribution in [0.5, 0.6) is 0 Å². The average molecular weight is 225 g/mol. The minimum atomic E-state index is -0.0499. The SMILES string of the molecule is CC[C@@H](CO)NC(=O)CC1CC2CCC1C2. The molecule has 0 spiro atoms. The minimum absolute atomic E-state index is 0.0499. The molecule has 0 aliphatic heterocycles. The zero-order chi connectivity index (χ0) is 11.5. The number of hydrogen-bond acceptors (Lipinski definition) is 2. The second-order valence-electron chi connectivity index (χ2n) is 5.49. The van der Waals surface area contributed by atoms with Crippen LogP contribution in [0.25, 0.3) is 0 Å². The first-order chi connectivity index (χ1) is 7.72. The Hall–Kier alpha value is -0.570. The van der Waals surface area contributed by atoms with Crippen LogP contribution in [0.15, 0.2) is 0 Å². The molecule has 0 heterocycles. The van der Waals surface area contributed by atoms with E-state index in [0.29, 0.717) is 12.3 Å². The van der Waals surface area contributed by atoms with Crippen molar-refractivity contribution in [2.45, 2.75) is 51.5 Å². The number of nitrogens with one attached hydrogen (secondary N) is 1. The summed E-state index contributed by atoms with van der Waals surface area (Å²) >= 11 is 0.